The van der Waals surface area contributed by atoms with Crippen molar-refractivity contribution in [1.82, 2.24) is 10.3 Å². The monoisotopic (exact) mass is 378 g/mol. The first kappa shape index (κ1) is 18.8. The van der Waals surface area contributed by atoms with Gasteiger partial charge in [-0.15, -0.1) is 0 Å². The zero-order valence-electron chi connectivity index (χ0n) is 14.7. The van der Waals surface area contributed by atoms with E-state index in [1.807, 2.05) is 0 Å². The molecule has 0 spiro atoms. The van der Waals surface area contributed by atoms with Crippen molar-refractivity contribution in [3.63, 3.8) is 0 Å². The molecule has 5 nitrogen and oxygen atoms in total. The molecule has 0 saturated heterocycles. The van der Waals surface area contributed by atoms with Gasteiger partial charge in [0.15, 0.2) is 0 Å². The van der Waals surface area contributed by atoms with Gasteiger partial charge in [0.05, 0.1) is 11.4 Å². The average molecular weight is 378 g/mol. The topological polar surface area (TPSA) is 72.2 Å². The number of carbonyl (C=O) groups excluding carboxylic acids is 1. The minimum Gasteiger partial charge on any atom is -0.444 e. The molecule has 26 heavy (non-hydrogen) atoms. The third kappa shape index (κ3) is 5.00. The molecule has 3 unspecified atom stereocenters. The molecule has 0 radical (unpaired) electrons. The van der Waals surface area contributed by atoms with E-state index in [1.165, 1.54) is 24.8 Å². The van der Waals surface area contributed by atoms with E-state index in [9.17, 15) is 13.4 Å². The van der Waals surface area contributed by atoms with Crippen LogP contribution in [0.4, 0.5) is 4.39 Å². The zero-order chi connectivity index (χ0) is 18.5. The summed E-state index contributed by atoms with van der Waals surface area (Å²) in [5.41, 5.74) is 1.16. The van der Waals surface area contributed by atoms with Gasteiger partial charge in [-0.3, -0.25) is 9.00 Å². The molecule has 3 atom stereocenters. The summed E-state index contributed by atoms with van der Waals surface area (Å²) in [5, 5.41) is 3.01. The van der Waals surface area contributed by atoms with E-state index in [4.69, 9.17) is 4.42 Å². The highest BCUT2D eigenvalue weighted by Gasteiger charge is 2.23. The van der Waals surface area contributed by atoms with Gasteiger partial charge < -0.3 is 9.73 Å². The number of benzene rings is 1. The summed E-state index contributed by atoms with van der Waals surface area (Å²) in [5.74, 6) is 0.414. The number of amides is 1. The standard InChI is InChI=1S/C19H23FN2O3S/c1-13-4-2-3-5-17(13)22-18(23)12-26(24)11-16-10-25-19(21-16)14-6-8-15(20)9-7-14/h6-10,13,17H,2-5,11-12H2,1H3,(H,22,23). The maximum Gasteiger partial charge on any atom is 0.232 e. The number of carbonyl (C=O) groups is 1. The maximum absolute atomic E-state index is 13.0. The van der Waals surface area contributed by atoms with Crippen molar-refractivity contribution in [1.29, 1.82) is 0 Å². The largest absolute Gasteiger partial charge is 0.444 e. The molecule has 1 heterocycles. The molecule has 1 fully saturated rings. The second-order valence-electron chi connectivity index (χ2n) is 6.82. The van der Waals surface area contributed by atoms with Crippen molar-refractivity contribution in [3.8, 4) is 11.5 Å². The first-order chi connectivity index (χ1) is 12.5. The fraction of sp³-hybridized carbons (Fsp3) is 0.474. The van der Waals surface area contributed by atoms with E-state index in [1.54, 1.807) is 12.1 Å². The van der Waals surface area contributed by atoms with Crippen LogP contribution < -0.4 is 5.32 Å². The average Bonchev–Trinajstić information content (AvgIpc) is 3.05. The molecule has 0 bridgehead atoms. The number of rotatable bonds is 6. The Hall–Kier alpha value is -2.02. The molecule has 1 N–H and O–H groups in total. The molecular formula is C19H23FN2O3S. The van der Waals surface area contributed by atoms with Crippen molar-refractivity contribution in [2.75, 3.05) is 5.75 Å². The maximum atomic E-state index is 13.0. The van der Waals surface area contributed by atoms with Crippen molar-refractivity contribution >= 4 is 16.7 Å². The zero-order valence-corrected chi connectivity index (χ0v) is 15.6. The number of hydrogen-bond donors (Lipinski definition) is 1. The molecule has 0 aliphatic heterocycles. The van der Waals surface area contributed by atoms with Crippen LogP contribution in [0, 0.1) is 11.7 Å². The molecule has 1 aromatic carbocycles. The van der Waals surface area contributed by atoms with E-state index in [2.05, 4.69) is 17.2 Å². The number of oxazole rings is 1. The van der Waals surface area contributed by atoms with E-state index in [-0.39, 0.29) is 29.3 Å². The van der Waals surface area contributed by atoms with E-state index >= 15 is 0 Å². The Labute approximate surface area is 154 Å². The molecule has 7 heteroatoms. The molecular weight excluding hydrogens is 355 g/mol. The van der Waals surface area contributed by atoms with Gasteiger partial charge in [-0.25, -0.2) is 9.37 Å². The number of aromatic nitrogens is 1. The van der Waals surface area contributed by atoms with Crippen molar-refractivity contribution in [2.45, 2.75) is 44.4 Å². The van der Waals surface area contributed by atoms with Crippen molar-refractivity contribution in [3.05, 3.63) is 42.0 Å². The van der Waals surface area contributed by atoms with Gasteiger partial charge in [0, 0.05) is 22.4 Å². The van der Waals surface area contributed by atoms with Crippen LogP contribution in [0.5, 0.6) is 0 Å². The first-order valence-corrected chi connectivity index (χ1v) is 10.3. The summed E-state index contributed by atoms with van der Waals surface area (Å²) in [6.45, 7) is 2.15. The number of nitrogens with one attached hydrogen (secondary N) is 1. The van der Waals surface area contributed by atoms with E-state index in [0.717, 1.165) is 19.3 Å². The van der Waals surface area contributed by atoms with Crippen LogP contribution in [0.3, 0.4) is 0 Å². The van der Waals surface area contributed by atoms with Gasteiger partial charge in [-0.1, -0.05) is 19.8 Å². The van der Waals surface area contributed by atoms with Crippen LogP contribution >= 0.6 is 0 Å². The molecule has 1 saturated carbocycles. The molecule has 1 amide bonds. The van der Waals surface area contributed by atoms with Crippen LogP contribution in [-0.4, -0.2) is 26.9 Å². The lowest BCUT2D eigenvalue weighted by Gasteiger charge is -2.29. The Bertz CT molecular complexity index is 775. The number of halogens is 1. The summed E-state index contributed by atoms with van der Waals surface area (Å²) in [6.07, 6.45) is 5.88. The Morgan fingerprint density at radius 1 is 1.31 bits per heavy atom. The molecule has 1 aromatic heterocycles. The third-order valence-corrected chi connectivity index (χ3v) is 5.90. The highest BCUT2D eigenvalue weighted by molar-refractivity contribution is 7.84. The predicted molar refractivity (Wildman–Crippen MR) is 98.2 cm³/mol. The minimum atomic E-state index is -1.36. The van der Waals surface area contributed by atoms with Crippen molar-refractivity contribution in [2.24, 2.45) is 5.92 Å². The Kier molecular flexibility index (Phi) is 6.19. The molecule has 3 rings (SSSR count). The second-order valence-corrected chi connectivity index (χ2v) is 8.27. The highest BCUT2D eigenvalue weighted by Crippen LogP contribution is 2.23. The normalized spacial score (nSPS) is 21.3. The van der Waals surface area contributed by atoms with Gasteiger partial charge in [0.25, 0.3) is 0 Å². The molecule has 1 aliphatic carbocycles. The summed E-state index contributed by atoms with van der Waals surface area (Å²) in [6, 6.07) is 5.98. The molecule has 140 valence electrons. The highest BCUT2D eigenvalue weighted by atomic mass is 32.2. The van der Waals surface area contributed by atoms with Gasteiger partial charge in [-0.2, -0.15) is 0 Å². The van der Waals surface area contributed by atoms with Crippen LogP contribution in [0.15, 0.2) is 34.9 Å². The van der Waals surface area contributed by atoms with Crippen LogP contribution in [0.25, 0.3) is 11.5 Å². The van der Waals surface area contributed by atoms with Gasteiger partial charge in [-0.05, 0) is 43.0 Å². The SMILES string of the molecule is CC1CCCCC1NC(=O)CS(=O)Cc1coc(-c2ccc(F)cc2)n1. The third-order valence-electron chi connectivity index (χ3n) is 4.70. The predicted octanol–water partition coefficient (Wildman–Crippen LogP) is 3.42. The fourth-order valence-corrected chi connectivity index (χ4v) is 4.18. The van der Waals surface area contributed by atoms with Crippen molar-refractivity contribution < 1.29 is 17.8 Å². The summed E-state index contributed by atoms with van der Waals surface area (Å²) in [4.78, 5) is 16.4. The Morgan fingerprint density at radius 3 is 2.77 bits per heavy atom. The van der Waals surface area contributed by atoms with E-state index in [0.29, 0.717) is 23.1 Å². The molecule has 1 aliphatic rings. The van der Waals surface area contributed by atoms with Gasteiger partial charge >= 0.3 is 0 Å². The quantitative estimate of drug-likeness (QED) is 0.836. The minimum absolute atomic E-state index is 0.0397. The summed E-state index contributed by atoms with van der Waals surface area (Å²) in [7, 11) is -1.36. The second kappa shape index (κ2) is 8.58. The van der Waals surface area contributed by atoms with Crippen LogP contribution in [-0.2, 0) is 21.3 Å². The van der Waals surface area contributed by atoms with Gasteiger partial charge in [0.2, 0.25) is 11.8 Å². The lowest BCUT2D eigenvalue weighted by atomic mass is 9.86. The fourth-order valence-electron chi connectivity index (χ4n) is 3.24. The lowest BCUT2D eigenvalue weighted by molar-refractivity contribution is -0.119. The van der Waals surface area contributed by atoms with Crippen LogP contribution in [0.1, 0.15) is 38.3 Å². The molecule has 2 aromatic rings. The first-order valence-electron chi connectivity index (χ1n) is 8.86. The summed E-state index contributed by atoms with van der Waals surface area (Å²) < 4.78 is 30.6. The van der Waals surface area contributed by atoms with Gasteiger partial charge in [0.1, 0.15) is 17.8 Å². The lowest BCUT2D eigenvalue weighted by Crippen LogP contribution is -2.42. The smallest absolute Gasteiger partial charge is 0.232 e. The van der Waals surface area contributed by atoms with E-state index < -0.39 is 10.8 Å². The number of nitrogens with zero attached hydrogens (tertiary/aromatic N) is 1. The number of hydrogen-bond acceptors (Lipinski definition) is 4. The summed E-state index contributed by atoms with van der Waals surface area (Å²) >= 11 is 0. The Balaban J connectivity index is 1.51. The van der Waals surface area contributed by atoms with Crippen LogP contribution in [0.2, 0.25) is 0 Å². The Morgan fingerprint density at radius 2 is 2.04 bits per heavy atom.